The normalized spacial score (nSPS) is 13.6. The van der Waals surface area contributed by atoms with Crippen LogP contribution in [-0.4, -0.2) is 16.2 Å². The van der Waals surface area contributed by atoms with Gasteiger partial charge in [-0.2, -0.15) is 13.2 Å². The van der Waals surface area contributed by atoms with Crippen molar-refractivity contribution in [3.8, 4) is 0 Å². The highest BCUT2D eigenvalue weighted by Gasteiger charge is 2.42. The molecular formula is C8H5F4NO3. The lowest BCUT2D eigenvalue weighted by atomic mass is 10.1. The van der Waals surface area contributed by atoms with E-state index in [1.54, 1.807) is 0 Å². The van der Waals surface area contributed by atoms with E-state index in [1.165, 1.54) is 0 Å². The Morgan fingerprint density at radius 2 is 1.94 bits per heavy atom. The highest BCUT2D eigenvalue weighted by molar-refractivity contribution is 5.42. The second kappa shape index (κ2) is 4.05. The van der Waals surface area contributed by atoms with Crippen LogP contribution in [0.3, 0.4) is 0 Å². The van der Waals surface area contributed by atoms with Crippen molar-refractivity contribution < 1.29 is 27.6 Å². The average molecular weight is 239 g/mol. The standard InChI is InChI=1S/C8H5F4NO3/c9-4-1-2-5(6(3-4)13(15)16)7(14)8(10,11)12/h1-3,7,14H. The Hall–Kier alpha value is -1.70. The summed E-state index contributed by atoms with van der Waals surface area (Å²) in [5.41, 5.74) is -2.09. The number of aliphatic hydroxyl groups is 1. The molecule has 88 valence electrons. The van der Waals surface area contributed by atoms with Gasteiger partial charge in [0.25, 0.3) is 5.69 Å². The fourth-order valence-electron chi connectivity index (χ4n) is 1.08. The third kappa shape index (κ3) is 2.45. The van der Waals surface area contributed by atoms with Crippen LogP contribution in [0.4, 0.5) is 23.2 Å². The third-order valence-electron chi connectivity index (χ3n) is 1.79. The molecule has 1 N–H and O–H groups in total. The minimum atomic E-state index is -5.04. The van der Waals surface area contributed by atoms with Gasteiger partial charge in [-0.05, 0) is 12.1 Å². The van der Waals surface area contributed by atoms with Gasteiger partial charge in [-0.25, -0.2) is 4.39 Å². The number of hydrogen-bond acceptors (Lipinski definition) is 3. The monoisotopic (exact) mass is 239 g/mol. The van der Waals surface area contributed by atoms with Crippen molar-refractivity contribution >= 4 is 5.69 Å². The number of alkyl halides is 3. The molecule has 0 aliphatic heterocycles. The van der Waals surface area contributed by atoms with E-state index >= 15 is 0 Å². The van der Waals surface area contributed by atoms with Crippen LogP contribution >= 0.6 is 0 Å². The first-order chi connectivity index (χ1) is 7.23. The van der Waals surface area contributed by atoms with Crippen LogP contribution in [0, 0.1) is 15.9 Å². The van der Waals surface area contributed by atoms with Crippen LogP contribution in [0.15, 0.2) is 18.2 Å². The fraction of sp³-hybridized carbons (Fsp3) is 0.250. The molecule has 1 unspecified atom stereocenters. The minimum absolute atomic E-state index is 0.324. The summed E-state index contributed by atoms with van der Waals surface area (Å²) in [7, 11) is 0. The summed E-state index contributed by atoms with van der Waals surface area (Å²) in [6.07, 6.45) is -8.05. The van der Waals surface area contributed by atoms with Gasteiger partial charge >= 0.3 is 6.18 Å². The first-order valence-corrected chi connectivity index (χ1v) is 3.92. The van der Waals surface area contributed by atoms with Crippen LogP contribution < -0.4 is 0 Å². The predicted octanol–water partition coefficient (Wildman–Crippen LogP) is 2.33. The molecule has 0 amide bonds. The number of rotatable bonds is 2. The molecule has 0 bridgehead atoms. The van der Waals surface area contributed by atoms with Gasteiger partial charge in [-0.1, -0.05) is 0 Å². The van der Waals surface area contributed by atoms with Crippen LogP contribution in [0.25, 0.3) is 0 Å². The van der Waals surface area contributed by atoms with Crippen LogP contribution in [0.5, 0.6) is 0 Å². The molecular weight excluding hydrogens is 234 g/mol. The van der Waals surface area contributed by atoms with Gasteiger partial charge < -0.3 is 5.11 Å². The Morgan fingerprint density at radius 3 is 2.38 bits per heavy atom. The zero-order valence-electron chi connectivity index (χ0n) is 7.53. The number of aliphatic hydroxyl groups excluding tert-OH is 1. The zero-order valence-corrected chi connectivity index (χ0v) is 7.53. The smallest absolute Gasteiger partial charge is 0.379 e. The number of halogens is 4. The number of nitro groups is 1. The number of hydrogen-bond donors (Lipinski definition) is 1. The SMILES string of the molecule is O=[N+]([O-])c1cc(F)ccc1C(O)C(F)(F)F. The molecule has 1 atom stereocenters. The van der Waals surface area contributed by atoms with Gasteiger partial charge in [-0.3, -0.25) is 10.1 Å². The van der Waals surface area contributed by atoms with E-state index in [0.717, 1.165) is 0 Å². The zero-order chi connectivity index (χ0) is 12.5. The van der Waals surface area contributed by atoms with E-state index in [1.807, 2.05) is 0 Å². The maximum absolute atomic E-state index is 12.6. The van der Waals surface area contributed by atoms with Crippen molar-refractivity contribution in [3.63, 3.8) is 0 Å². The second-order valence-corrected chi connectivity index (χ2v) is 2.90. The lowest BCUT2D eigenvalue weighted by Crippen LogP contribution is -2.21. The molecule has 0 aliphatic carbocycles. The van der Waals surface area contributed by atoms with E-state index < -0.39 is 34.3 Å². The molecule has 0 spiro atoms. The lowest BCUT2D eigenvalue weighted by Gasteiger charge is -2.14. The number of nitrogens with zero attached hydrogens (tertiary/aromatic N) is 1. The molecule has 0 heterocycles. The Labute approximate surface area is 86.3 Å². The summed E-state index contributed by atoms with van der Waals surface area (Å²) in [6.45, 7) is 0. The van der Waals surface area contributed by atoms with Crippen molar-refractivity contribution in [1.82, 2.24) is 0 Å². The summed E-state index contributed by atoms with van der Waals surface area (Å²) in [5.74, 6) is -1.05. The summed E-state index contributed by atoms with van der Waals surface area (Å²) in [5, 5.41) is 19.2. The van der Waals surface area contributed by atoms with Crippen molar-refractivity contribution in [2.75, 3.05) is 0 Å². The van der Waals surface area contributed by atoms with Gasteiger partial charge in [0, 0.05) is 0 Å². The van der Waals surface area contributed by atoms with Crippen LogP contribution in [0.1, 0.15) is 11.7 Å². The van der Waals surface area contributed by atoms with E-state index in [-0.39, 0.29) is 0 Å². The molecule has 0 saturated heterocycles. The van der Waals surface area contributed by atoms with E-state index in [4.69, 9.17) is 5.11 Å². The van der Waals surface area contributed by atoms with E-state index in [0.29, 0.717) is 18.2 Å². The molecule has 0 saturated carbocycles. The van der Waals surface area contributed by atoms with Crippen LogP contribution in [-0.2, 0) is 0 Å². The largest absolute Gasteiger partial charge is 0.418 e. The van der Waals surface area contributed by atoms with Crippen LogP contribution in [0.2, 0.25) is 0 Å². The summed E-state index contributed by atoms with van der Waals surface area (Å²) in [4.78, 5) is 9.18. The Bertz CT molecular complexity index is 418. The number of benzene rings is 1. The molecule has 0 radical (unpaired) electrons. The van der Waals surface area contributed by atoms with Gasteiger partial charge in [0.15, 0.2) is 6.10 Å². The molecule has 0 aromatic heterocycles. The third-order valence-corrected chi connectivity index (χ3v) is 1.79. The van der Waals surface area contributed by atoms with Gasteiger partial charge in [0.1, 0.15) is 5.82 Å². The maximum atomic E-state index is 12.6. The molecule has 1 aromatic rings. The maximum Gasteiger partial charge on any atom is 0.418 e. The Kier molecular flexibility index (Phi) is 3.13. The second-order valence-electron chi connectivity index (χ2n) is 2.90. The molecule has 16 heavy (non-hydrogen) atoms. The highest BCUT2D eigenvalue weighted by atomic mass is 19.4. The fourth-order valence-corrected chi connectivity index (χ4v) is 1.08. The topological polar surface area (TPSA) is 63.4 Å². The Balaban J connectivity index is 3.28. The van der Waals surface area contributed by atoms with E-state index in [2.05, 4.69) is 0 Å². The average Bonchev–Trinajstić information content (AvgIpc) is 2.15. The van der Waals surface area contributed by atoms with Gasteiger partial charge in [0.2, 0.25) is 0 Å². The molecule has 0 fully saturated rings. The summed E-state index contributed by atoms with van der Waals surface area (Å²) in [6, 6.07) is 1.47. The van der Waals surface area contributed by atoms with Gasteiger partial charge in [-0.15, -0.1) is 0 Å². The quantitative estimate of drug-likeness (QED) is 0.489. The Morgan fingerprint density at radius 1 is 1.38 bits per heavy atom. The minimum Gasteiger partial charge on any atom is -0.379 e. The van der Waals surface area contributed by atoms with Crippen molar-refractivity contribution in [3.05, 3.63) is 39.7 Å². The first kappa shape index (κ1) is 12.4. The highest BCUT2D eigenvalue weighted by Crippen LogP contribution is 2.36. The van der Waals surface area contributed by atoms with Gasteiger partial charge in [0.05, 0.1) is 16.6 Å². The first-order valence-electron chi connectivity index (χ1n) is 3.92. The van der Waals surface area contributed by atoms with Crippen molar-refractivity contribution in [2.45, 2.75) is 12.3 Å². The molecule has 0 aliphatic rings. The van der Waals surface area contributed by atoms with Crippen molar-refractivity contribution in [2.24, 2.45) is 0 Å². The molecule has 1 aromatic carbocycles. The van der Waals surface area contributed by atoms with E-state index in [9.17, 15) is 27.7 Å². The molecule has 1 rings (SSSR count). The molecule has 8 heteroatoms. The summed E-state index contributed by atoms with van der Waals surface area (Å²) >= 11 is 0. The number of nitro benzene ring substituents is 1. The predicted molar refractivity (Wildman–Crippen MR) is 44.1 cm³/mol. The lowest BCUT2D eigenvalue weighted by molar-refractivity contribution is -0.387. The summed E-state index contributed by atoms with van der Waals surface area (Å²) < 4.78 is 48.9. The van der Waals surface area contributed by atoms with Crippen molar-refractivity contribution in [1.29, 1.82) is 0 Å². The molecule has 4 nitrogen and oxygen atoms in total.